The Hall–Kier alpha value is -3.25. The number of aromatic nitrogens is 2. The topological polar surface area (TPSA) is 64.0 Å². The van der Waals surface area contributed by atoms with Crippen molar-refractivity contribution in [2.24, 2.45) is 0 Å². The van der Waals surface area contributed by atoms with Gasteiger partial charge in [-0.15, -0.1) is 11.3 Å². The molecule has 0 radical (unpaired) electrons. The fourth-order valence-corrected chi connectivity index (χ4v) is 4.17. The van der Waals surface area contributed by atoms with E-state index in [4.69, 9.17) is 0 Å². The lowest BCUT2D eigenvalue weighted by Crippen LogP contribution is -2.28. The summed E-state index contributed by atoms with van der Waals surface area (Å²) in [6, 6.07) is 13.7. The number of rotatable bonds is 4. The van der Waals surface area contributed by atoms with Gasteiger partial charge in [0.25, 0.3) is 5.56 Å². The zero-order chi connectivity index (χ0) is 20.5. The maximum atomic E-state index is 13.1. The first-order valence-corrected chi connectivity index (χ1v) is 10.2. The standard InChI is InChI=1S/C23H21N3O2S/c1-14-8-9-17(10-16(14)3)18-12-29-22-21(18)23(28)26(13-24-22)11-20(27)25-19-7-5-4-6-15(19)2/h4-10,12-13H,11H2,1-3H3,(H,25,27). The Labute approximate surface area is 172 Å². The molecule has 0 bridgehead atoms. The molecule has 0 atom stereocenters. The summed E-state index contributed by atoms with van der Waals surface area (Å²) in [4.78, 5) is 30.7. The van der Waals surface area contributed by atoms with Crippen LogP contribution in [0.5, 0.6) is 0 Å². The number of amides is 1. The van der Waals surface area contributed by atoms with Crippen LogP contribution in [-0.2, 0) is 11.3 Å². The highest BCUT2D eigenvalue weighted by atomic mass is 32.1. The molecule has 29 heavy (non-hydrogen) atoms. The Morgan fingerprint density at radius 3 is 2.62 bits per heavy atom. The van der Waals surface area contributed by atoms with E-state index >= 15 is 0 Å². The van der Waals surface area contributed by atoms with Crippen molar-refractivity contribution in [3.8, 4) is 11.1 Å². The first-order valence-electron chi connectivity index (χ1n) is 9.34. The Balaban J connectivity index is 1.69. The number of para-hydroxylation sites is 1. The maximum Gasteiger partial charge on any atom is 0.263 e. The van der Waals surface area contributed by atoms with E-state index in [0.717, 1.165) is 22.4 Å². The highest BCUT2D eigenvalue weighted by molar-refractivity contribution is 7.17. The van der Waals surface area contributed by atoms with Crippen LogP contribution in [0.1, 0.15) is 16.7 Å². The van der Waals surface area contributed by atoms with Gasteiger partial charge >= 0.3 is 0 Å². The Morgan fingerprint density at radius 1 is 1.07 bits per heavy atom. The summed E-state index contributed by atoms with van der Waals surface area (Å²) >= 11 is 1.44. The van der Waals surface area contributed by atoms with Crippen molar-refractivity contribution in [1.29, 1.82) is 0 Å². The van der Waals surface area contributed by atoms with Crippen LogP contribution in [0.25, 0.3) is 21.3 Å². The minimum Gasteiger partial charge on any atom is -0.324 e. The normalized spacial score (nSPS) is 11.0. The van der Waals surface area contributed by atoms with Crippen molar-refractivity contribution in [2.75, 3.05) is 5.32 Å². The number of carbonyl (C=O) groups excluding carboxylic acids is 1. The van der Waals surface area contributed by atoms with E-state index in [-0.39, 0.29) is 18.0 Å². The van der Waals surface area contributed by atoms with Crippen molar-refractivity contribution < 1.29 is 4.79 Å². The second-order valence-corrected chi connectivity index (χ2v) is 8.03. The molecular formula is C23H21N3O2S. The molecule has 2 heterocycles. The fraction of sp³-hybridized carbons (Fsp3) is 0.174. The lowest BCUT2D eigenvalue weighted by atomic mass is 10.0. The van der Waals surface area contributed by atoms with Crippen LogP contribution in [0, 0.1) is 20.8 Å². The third kappa shape index (κ3) is 3.71. The van der Waals surface area contributed by atoms with Crippen LogP contribution in [0.3, 0.4) is 0 Å². The van der Waals surface area contributed by atoms with Crippen LogP contribution < -0.4 is 10.9 Å². The smallest absolute Gasteiger partial charge is 0.263 e. The molecule has 0 fully saturated rings. The van der Waals surface area contributed by atoms with Gasteiger partial charge in [0.2, 0.25) is 5.91 Å². The van der Waals surface area contributed by atoms with Gasteiger partial charge in [-0.1, -0.05) is 36.4 Å². The van der Waals surface area contributed by atoms with Gasteiger partial charge in [0.15, 0.2) is 0 Å². The van der Waals surface area contributed by atoms with E-state index in [1.54, 1.807) is 0 Å². The summed E-state index contributed by atoms with van der Waals surface area (Å²) in [7, 11) is 0. The van der Waals surface area contributed by atoms with Gasteiger partial charge in [-0.3, -0.25) is 14.2 Å². The number of hydrogen-bond acceptors (Lipinski definition) is 4. The van der Waals surface area contributed by atoms with Gasteiger partial charge in [-0.2, -0.15) is 0 Å². The van der Waals surface area contributed by atoms with Crippen LogP contribution >= 0.6 is 11.3 Å². The minimum absolute atomic E-state index is 0.0850. The van der Waals surface area contributed by atoms with Gasteiger partial charge in [0.05, 0.1) is 11.7 Å². The van der Waals surface area contributed by atoms with Crippen molar-refractivity contribution in [2.45, 2.75) is 27.3 Å². The average Bonchev–Trinajstić information content (AvgIpc) is 3.13. The minimum atomic E-state index is -0.259. The molecule has 0 saturated heterocycles. The predicted octanol–water partition coefficient (Wildman–Crippen LogP) is 4.69. The summed E-state index contributed by atoms with van der Waals surface area (Å²) in [6.45, 7) is 5.96. The Morgan fingerprint density at radius 2 is 1.86 bits per heavy atom. The van der Waals surface area contributed by atoms with Gasteiger partial charge in [-0.25, -0.2) is 4.98 Å². The number of thiophene rings is 1. The van der Waals surface area contributed by atoms with Gasteiger partial charge < -0.3 is 5.32 Å². The molecule has 0 aliphatic heterocycles. The number of anilines is 1. The quantitative estimate of drug-likeness (QED) is 0.538. The summed E-state index contributed by atoms with van der Waals surface area (Å²) in [5, 5.41) is 5.38. The van der Waals surface area contributed by atoms with E-state index in [1.165, 1.54) is 33.4 Å². The monoisotopic (exact) mass is 403 g/mol. The van der Waals surface area contributed by atoms with Crippen LogP contribution in [-0.4, -0.2) is 15.5 Å². The van der Waals surface area contributed by atoms with Crippen molar-refractivity contribution in [1.82, 2.24) is 9.55 Å². The number of nitrogens with zero attached hydrogens (tertiary/aromatic N) is 2. The molecule has 0 saturated carbocycles. The van der Waals surface area contributed by atoms with E-state index < -0.39 is 0 Å². The molecule has 5 nitrogen and oxygen atoms in total. The number of nitrogens with one attached hydrogen (secondary N) is 1. The molecule has 0 unspecified atom stereocenters. The summed E-state index contributed by atoms with van der Waals surface area (Å²) in [6.07, 6.45) is 1.45. The van der Waals surface area contributed by atoms with E-state index in [2.05, 4.69) is 36.3 Å². The average molecular weight is 404 g/mol. The molecule has 2 aromatic heterocycles. The zero-order valence-electron chi connectivity index (χ0n) is 16.5. The third-order valence-corrected chi connectivity index (χ3v) is 6.00. The lowest BCUT2D eigenvalue weighted by molar-refractivity contribution is -0.116. The van der Waals surface area contributed by atoms with Crippen molar-refractivity contribution >= 4 is 33.1 Å². The Bertz CT molecular complexity index is 1290. The molecule has 4 aromatic rings. The molecule has 0 spiro atoms. The molecule has 1 N–H and O–H groups in total. The highest BCUT2D eigenvalue weighted by Gasteiger charge is 2.15. The summed E-state index contributed by atoms with van der Waals surface area (Å²) in [5.74, 6) is -0.259. The summed E-state index contributed by atoms with van der Waals surface area (Å²) < 4.78 is 1.37. The maximum absolute atomic E-state index is 13.1. The molecule has 6 heteroatoms. The van der Waals surface area contributed by atoms with Crippen LogP contribution in [0.4, 0.5) is 5.69 Å². The first-order chi connectivity index (χ1) is 13.9. The SMILES string of the molecule is Cc1ccc(-c2csc3ncn(CC(=O)Nc4ccccc4C)c(=O)c23)cc1C. The van der Waals surface area contributed by atoms with E-state index in [9.17, 15) is 9.59 Å². The first kappa shape index (κ1) is 19.1. The van der Waals surface area contributed by atoms with Crippen molar-refractivity contribution in [3.05, 3.63) is 81.2 Å². The molecule has 0 aliphatic rings. The van der Waals surface area contributed by atoms with E-state index in [1.807, 2.05) is 42.6 Å². The number of fused-ring (bicyclic) bond motifs is 1. The molecule has 2 aromatic carbocycles. The van der Waals surface area contributed by atoms with Gasteiger partial charge in [-0.05, 0) is 49.1 Å². The second-order valence-electron chi connectivity index (χ2n) is 7.17. The highest BCUT2D eigenvalue weighted by Crippen LogP contribution is 2.31. The molecule has 146 valence electrons. The molecule has 4 rings (SSSR count). The Kier molecular flexibility index (Phi) is 5.03. The fourth-order valence-electron chi connectivity index (χ4n) is 3.26. The number of carbonyl (C=O) groups is 1. The number of aryl methyl sites for hydroxylation is 3. The van der Waals surface area contributed by atoms with Gasteiger partial charge in [0, 0.05) is 16.6 Å². The molecule has 0 aliphatic carbocycles. The van der Waals surface area contributed by atoms with Crippen molar-refractivity contribution in [3.63, 3.8) is 0 Å². The molecule has 1 amide bonds. The van der Waals surface area contributed by atoms with Gasteiger partial charge in [0.1, 0.15) is 11.4 Å². The number of benzene rings is 2. The largest absolute Gasteiger partial charge is 0.324 e. The van der Waals surface area contributed by atoms with E-state index in [0.29, 0.717) is 10.2 Å². The summed E-state index contributed by atoms with van der Waals surface area (Å²) in [5.41, 5.74) is 5.73. The lowest BCUT2D eigenvalue weighted by Gasteiger charge is -2.10. The van der Waals surface area contributed by atoms with Crippen LogP contribution in [0.2, 0.25) is 0 Å². The third-order valence-electron chi connectivity index (χ3n) is 5.11. The van der Waals surface area contributed by atoms with Crippen LogP contribution in [0.15, 0.2) is 59.0 Å². The second kappa shape index (κ2) is 7.64. The molecular weight excluding hydrogens is 382 g/mol. The zero-order valence-corrected chi connectivity index (χ0v) is 17.3. The number of hydrogen-bond donors (Lipinski definition) is 1. The predicted molar refractivity (Wildman–Crippen MR) is 119 cm³/mol.